The highest BCUT2D eigenvalue weighted by molar-refractivity contribution is 14.1. The molecule has 3 heteroatoms. The molecule has 0 radical (unpaired) electrons. The summed E-state index contributed by atoms with van der Waals surface area (Å²) < 4.78 is 2.27. The minimum Gasteiger partial charge on any atom is -0.0836 e. The van der Waals surface area contributed by atoms with Gasteiger partial charge in [0.25, 0.3) is 0 Å². The molecular formula is C10H5BrClI. The highest BCUT2D eigenvalue weighted by atomic mass is 127. The lowest BCUT2D eigenvalue weighted by Crippen LogP contribution is -1.80. The fourth-order valence-electron chi connectivity index (χ4n) is 1.29. The van der Waals surface area contributed by atoms with E-state index in [-0.39, 0.29) is 0 Å². The molecule has 2 aromatic carbocycles. The molecule has 0 fully saturated rings. The Morgan fingerprint density at radius 1 is 1.15 bits per heavy atom. The summed E-state index contributed by atoms with van der Waals surface area (Å²) in [6.45, 7) is 0. The summed E-state index contributed by atoms with van der Waals surface area (Å²) >= 11 is 11.9. The van der Waals surface area contributed by atoms with E-state index >= 15 is 0 Å². The smallest absolute Gasteiger partial charge is 0.0495 e. The third kappa shape index (κ3) is 1.72. The van der Waals surface area contributed by atoms with E-state index in [1.807, 2.05) is 18.2 Å². The molecule has 2 rings (SSSR count). The minimum absolute atomic E-state index is 0.809. The second-order valence-corrected chi connectivity index (χ2v) is 5.12. The number of hydrogen-bond acceptors (Lipinski definition) is 0. The maximum absolute atomic E-state index is 6.11. The molecule has 0 nitrogen and oxygen atoms in total. The Bertz CT molecular complexity index is 459. The molecule has 0 aliphatic rings. The number of benzene rings is 2. The fourth-order valence-corrected chi connectivity index (χ4v) is 2.94. The van der Waals surface area contributed by atoms with Gasteiger partial charge in [-0.1, -0.05) is 39.7 Å². The van der Waals surface area contributed by atoms with Gasteiger partial charge in [-0.3, -0.25) is 0 Å². The van der Waals surface area contributed by atoms with Gasteiger partial charge < -0.3 is 0 Å². The van der Waals surface area contributed by atoms with Crippen molar-refractivity contribution in [3.05, 3.63) is 43.4 Å². The van der Waals surface area contributed by atoms with Crippen molar-refractivity contribution in [1.82, 2.24) is 0 Å². The Hall–Kier alpha value is 0.200. The molecular weight excluding hydrogens is 362 g/mol. The topological polar surface area (TPSA) is 0 Å². The molecule has 0 aromatic heterocycles. The fraction of sp³-hybridized carbons (Fsp3) is 0. The zero-order valence-electron chi connectivity index (χ0n) is 6.52. The molecule has 2 aromatic rings. The van der Waals surface area contributed by atoms with E-state index in [1.54, 1.807) is 0 Å². The van der Waals surface area contributed by atoms with Crippen LogP contribution >= 0.6 is 50.1 Å². The van der Waals surface area contributed by atoms with Gasteiger partial charge in [-0.2, -0.15) is 0 Å². The molecule has 0 saturated carbocycles. The summed E-state index contributed by atoms with van der Waals surface area (Å²) in [5.74, 6) is 0. The number of hydrogen-bond donors (Lipinski definition) is 0. The van der Waals surface area contributed by atoms with Crippen LogP contribution in [0.15, 0.2) is 34.8 Å². The van der Waals surface area contributed by atoms with Crippen LogP contribution in [0.3, 0.4) is 0 Å². The SMILES string of the molecule is Clc1cccc2c(Br)ccc(I)c12. The van der Waals surface area contributed by atoms with Gasteiger partial charge in [0.2, 0.25) is 0 Å². The van der Waals surface area contributed by atoms with Gasteiger partial charge in [0, 0.05) is 18.5 Å². The molecule has 0 aliphatic heterocycles. The van der Waals surface area contributed by atoms with Crippen molar-refractivity contribution in [2.24, 2.45) is 0 Å². The predicted octanol–water partition coefficient (Wildman–Crippen LogP) is 4.86. The lowest BCUT2D eigenvalue weighted by atomic mass is 10.1. The monoisotopic (exact) mass is 366 g/mol. The number of rotatable bonds is 0. The summed E-state index contributed by atoms with van der Waals surface area (Å²) in [7, 11) is 0. The van der Waals surface area contributed by atoms with Crippen LogP contribution in [0.4, 0.5) is 0 Å². The minimum atomic E-state index is 0.809. The zero-order chi connectivity index (χ0) is 9.42. The van der Waals surface area contributed by atoms with Gasteiger partial charge in [-0.15, -0.1) is 0 Å². The molecule has 0 N–H and O–H groups in total. The van der Waals surface area contributed by atoms with Crippen LogP contribution in [-0.4, -0.2) is 0 Å². The Labute approximate surface area is 104 Å². The van der Waals surface area contributed by atoms with Gasteiger partial charge in [0.05, 0.1) is 0 Å². The normalized spacial score (nSPS) is 10.7. The van der Waals surface area contributed by atoms with Crippen LogP contribution in [0.2, 0.25) is 5.02 Å². The molecule has 0 spiro atoms. The van der Waals surface area contributed by atoms with E-state index in [0.717, 1.165) is 14.9 Å². The number of fused-ring (bicyclic) bond motifs is 1. The molecule has 0 heterocycles. The molecule has 0 aliphatic carbocycles. The lowest BCUT2D eigenvalue weighted by molar-refractivity contribution is 1.67. The molecule has 0 amide bonds. The molecule has 0 saturated heterocycles. The average molecular weight is 367 g/mol. The first kappa shape index (κ1) is 9.74. The van der Waals surface area contributed by atoms with Gasteiger partial charge in [-0.25, -0.2) is 0 Å². The number of halogens is 3. The quantitative estimate of drug-likeness (QED) is 0.584. The summed E-state index contributed by atoms with van der Waals surface area (Å²) in [5.41, 5.74) is 0. The summed E-state index contributed by atoms with van der Waals surface area (Å²) in [4.78, 5) is 0. The predicted molar refractivity (Wildman–Crippen MR) is 69.4 cm³/mol. The van der Waals surface area contributed by atoms with Crippen LogP contribution in [0, 0.1) is 3.57 Å². The zero-order valence-corrected chi connectivity index (χ0v) is 11.0. The Morgan fingerprint density at radius 2 is 1.92 bits per heavy atom. The van der Waals surface area contributed by atoms with Crippen molar-refractivity contribution < 1.29 is 0 Å². The van der Waals surface area contributed by atoms with Gasteiger partial charge in [0.1, 0.15) is 0 Å². The highest BCUT2D eigenvalue weighted by Gasteiger charge is 2.04. The molecule has 0 bridgehead atoms. The Morgan fingerprint density at radius 3 is 2.62 bits per heavy atom. The van der Waals surface area contributed by atoms with Crippen LogP contribution < -0.4 is 0 Å². The van der Waals surface area contributed by atoms with Crippen molar-refractivity contribution in [3.63, 3.8) is 0 Å². The molecule has 13 heavy (non-hydrogen) atoms. The largest absolute Gasteiger partial charge is 0.0836 e. The van der Waals surface area contributed by atoms with Gasteiger partial charge in [-0.05, 0) is 46.2 Å². The lowest BCUT2D eigenvalue weighted by Gasteiger charge is -2.04. The van der Waals surface area contributed by atoms with E-state index in [0.29, 0.717) is 0 Å². The second-order valence-electron chi connectivity index (χ2n) is 2.69. The second kappa shape index (κ2) is 3.75. The third-order valence-corrected chi connectivity index (χ3v) is 3.79. The van der Waals surface area contributed by atoms with Crippen molar-refractivity contribution in [1.29, 1.82) is 0 Å². The van der Waals surface area contributed by atoms with Crippen molar-refractivity contribution >= 4 is 60.9 Å². The van der Waals surface area contributed by atoms with Crippen molar-refractivity contribution in [2.45, 2.75) is 0 Å². The molecule has 66 valence electrons. The Kier molecular flexibility index (Phi) is 2.81. The van der Waals surface area contributed by atoms with E-state index in [2.05, 4.69) is 50.7 Å². The average Bonchev–Trinajstić information content (AvgIpc) is 2.12. The van der Waals surface area contributed by atoms with Crippen molar-refractivity contribution in [3.8, 4) is 0 Å². The first-order valence-corrected chi connectivity index (χ1v) is 5.97. The van der Waals surface area contributed by atoms with E-state index < -0.39 is 0 Å². The first-order valence-electron chi connectivity index (χ1n) is 3.72. The van der Waals surface area contributed by atoms with Gasteiger partial charge in [0.15, 0.2) is 0 Å². The summed E-state index contributed by atoms with van der Waals surface area (Å²) in [6.07, 6.45) is 0. The van der Waals surface area contributed by atoms with E-state index in [4.69, 9.17) is 11.6 Å². The van der Waals surface area contributed by atoms with E-state index in [1.165, 1.54) is 8.96 Å². The highest BCUT2D eigenvalue weighted by Crippen LogP contribution is 2.32. The van der Waals surface area contributed by atoms with Crippen LogP contribution in [0.25, 0.3) is 10.8 Å². The summed E-state index contributed by atoms with van der Waals surface area (Å²) in [6, 6.07) is 10.0. The summed E-state index contributed by atoms with van der Waals surface area (Å²) in [5, 5.41) is 3.10. The van der Waals surface area contributed by atoms with E-state index in [9.17, 15) is 0 Å². The third-order valence-electron chi connectivity index (χ3n) is 1.89. The first-order chi connectivity index (χ1) is 6.20. The standard InChI is InChI=1S/C10H5BrClI/c11-7-4-5-9(13)10-6(7)2-1-3-8(10)12/h1-5H. The molecule has 0 unspecified atom stereocenters. The van der Waals surface area contributed by atoms with Gasteiger partial charge >= 0.3 is 0 Å². The van der Waals surface area contributed by atoms with Crippen LogP contribution in [0.1, 0.15) is 0 Å². The maximum atomic E-state index is 6.11. The van der Waals surface area contributed by atoms with Crippen LogP contribution in [-0.2, 0) is 0 Å². The maximum Gasteiger partial charge on any atom is 0.0495 e. The van der Waals surface area contributed by atoms with Crippen LogP contribution in [0.5, 0.6) is 0 Å². The Balaban J connectivity index is 3.00. The van der Waals surface area contributed by atoms with Crippen molar-refractivity contribution in [2.75, 3.05) is 0 Å². The molecule has 0 atom stereocenters.